The molecule has 2 aromatic carbocycles. The Morgan fingerprint density at radius 1 is 1.25 bits per heavy atom. The number of nitrogens with two attached hydrogens (primary N) is 1. The maximum Gasteiger partial charge on any atom is 0.420 e. The number of rotatable bonds is 2. The van der Waals surface area contributed by atoms with E-state index in [-0.39, 0.29) is 0 Å². The van der Waals surface area contributed by atoms with Gasteiger partial charge in [0.1, 0.15) is 0 Å². The summed E-state index contributed by atoms with van der Waals surface area (Å²) in [7, 11) is 0. The first-order valence-electron chi connectivity index (χ1n) is 6.05. The molecule has 0 saturated heterocycles. The molecule has 0 aliphatic rings. The number of anilines is 1. The molecule has 0 radical (unpaired) electrons. The van der Waals surface area contributed by atoms with E-state index >= 15 is 0 Å². The second-order valence-corrected chi connectivity index (χ2v) is 4.49. The van der Waals surface area contributed by atoms with E-state index in [1.807, 2.05) is 6.07 Å². The largest absolute Gasteiger partial charge is 0.420 e. The van der Waals surface area contributed by atoms with Gasteiger partial charge in [-0.1, -0.05) is 12.1 Å². The summed E-state index contributed by atoms with van der Waals surface area (Å²) in [6, 6.07) is 14.3. The van der Waals surface area contributed by atoms with Gasteiger partial charge in [-0.2, -0.15) is 5.26 Å². The van der Waals surface area contributed by atoms with Gasteiger partial charge in [-0.3, -0.25) is 4.57 Å². The third-order valence-corrected chi connectivity index (χ3v) is 3.09. The number of benzene rings is 2. The zero-order valence-corrected chi connectivity index (χ0v) is 10.5. The van der Waals surface area contributed by atoms with Crippen LogP contribution >= 0.6 is 0 Å². The molecule has 0 aliphatic heterocycles. The highest BCUT2D eigenvalue weighted by Gasteiger charge is 2.10. The second kappa shape index (κ2) is 4.59. The Hall–Kier alpha value is -3.00. The van der Waals surface area contributed by atoms with Crippen LogP contribution in [-0.4, -0.2) is 4.57 Å². The van der Waals surface area contributed by atoms with E-state index in [1.54, 1.807) is 36.4 Å². The fraction of sp³-hybridized carbons (Fsp3) is 0.0667. The molecule has 3 aromatic rings. The van der Waals surface area contributed by atoms with Gasteiger partial charge in [-0.25, -0.2) is 4.79 Å². The molecule has 0 aliphatic carbocycles. The van der Waals surface area contributed by atoms with Crippen molar-refractivity contribution in [2.24, 2.45) is 0 Å². The first-order valence-corrected chi connectivity index (χ1v) is 6.05. The predicted molar refractivity (Wildman–Crippen MR) is 75.1 cm³/mol. The van der Waals surface area contributed by atoms with Crippen molar-refractivity contribution in [2.45, 2.75) is 6.54 Å². The number of hydrogen-bond acceptors (Lipinski definition) is 4. The van der Waals surface area contributed by atoms with Crippen molar-refractivity contribution in [3.63, 3.8) is 0 Å². The molecular weight excluding hydrogens is 254 g/mol. The van der Waals surface area contributed by atoms with Crippen molar-refractivity contribution in [2.75, 3.05) is 5.73 Å². The van der Waals surface area contributed by atoms with E-state index in [1.165, 1.54) is 4.57 Å². The monoisotopic (exact) mass is 265 g/mol. The zero-order chi connectivity index (χ0) is 14.1. The topological polar surface area (TPSA) is 85.0 Å². The highest BCUT2D eigenvalue weighted by molar-refractivity contribution is 5.77. The minimum Gasteiger partial charge on any atom is -0.408 e. The molecule has 0 saturated carbocycles. The van der Waals surface area contributed by atoms with Crippen molar-refractivity contribution < 1.29 is 4.42 Å². The Morgan fingerprint density at radius 3 is 2.90 bits per heavy atom. The van der Waals surface area contributed by atoms with Crippen molar-refractivity contribution >= 4 is 16.8 Å². The Balaban J connectivity index is 2.10. The molecule has 3 rings (SSSR count). The number of nitriles is 1. The molecule has 0 fully saturated rings. The Labute approximate surface area is 114 Å². The summed E-state index contributed by atoms with van der Waals surface area (Å²) in [5.41, 5.74) is 8.88. The Morgan fingerprint density at radius 2 is 2.10 bits per heavy atom. The Bertz CT molecular complexity index is 884. The van der Waals surface area contributed by atoms with Gasteiger partial charge in [0.2, 0.25) is 0 Å². The average Bonchev–Trinajstić information content (AvgIpc) is 2.75. The van der Waals surface area contributed by atoms with E-state index in [0.29, 0.717) is 28.9 Å². The van der Waals surface area contributed by atoms with E-state index in [9.17, 15) is 4.79 Å². The number of nitrogen functional groups attached to an aromatic ring is 1. The van der Waals surface area contributed by atoms with E-state index < -0.39 is 5.76 Å². The van der Waals surface area contributed by atoms with Crippen LogP contribution in [0.5, 0.6) is 0 Å². The lowest BCUT2D eigenvalue weighted by atomic mass is 10.1. The summed E-state index contributed by atoms with van der Waals surface area (Å²) in [6.45, 7) is 0.338. The first-order chi connectivity index (χ1) is 9.67. The van der Waals surface area contributed by atoms with Gasteiger partial charge in [0, 0.05) is 5.69 Å². The van der Waals surface area contributed by atoms with Gasteiger partial charge in [-0.05, 0) is 35.9 Å². The number of nitrogens with zero attached hydrogens (tertiary/aromatic N) is 2. The smallest absolute Gasteiger partial charge is 0.408 e. The standard InChI is InChI=1S/C15H11N3O2/c16-8-10-2-1-3-11(6-10)9-18-13-7-12(17)4-5-14(13)20-15(18)19/h1-7H,9,17H2. The van der Waals surface area contributed by atoms with Crippen LogP contribution in [0.4, 0.5) is 5.69 Å². The molecule has 20 heavy (non-hydrogen) atoms. The highest BCUT2D eigenvalue weighted by atomic mass is 16.4. The van der Waals surface area contributed by atoms with Crippen molar-refractivity contribution in [3.05, 3.63) is 64.1 Å². The summed E-state index contributed by atoms with van der Waals surface area (Å²) in [5.74, 6) is -0.437. The summed E-state index contributed by atoms with van der Waals surface area (Å²) in [4.78, 5) is 11.9. The van der Waals surface area contributed by atoms with Crippen LogP contribution in [0.3, 0.4) is 0 Å². The molecule has 2 N–H and O–H groups in total. The third kappa shape index (κ3) is 2.04. The second-order valence-electron chi connectivity index (χ2n) is 4.49. The van der Waals surface area contributed by atoms with Crippen LogP contribution in [0.25, 0.3) is 11.1 Å². The SMILES string of the molecule is N#Cc1cccc(Cn2c(=O)oc3ccc(N)cc32)c1. The maximum atomic E-state index is 11.9. The molecule has 1 heterocycles. The van der Waals surface area contributed by atoms with Gasteiger partial charge >= 0.3 is 5.76 Å². The minimum absolute atomic E-state index is 0.338. The van der Waals surface area contributed by atoms with E-state index in [0.717, 1.165) is 5.56 Å². The molecule has 5 heteroatoms. The lowest BCUT2D eigenvalue weighted by Crippen LogP contribution is -2.14. The number of oxazole rings is 1. The van der Waals surface area contributed by atoms with E-state index in [4.69, 9.17) is 15.4 Å². The van der Waals surface area contributed by atoms with Crippen molar-refractivity contribution in [1.29, 1.82) is 5.26 Å². The molecule has 5 nitrogen and oxygen atoms in total. The van der Waals surface area contributed by atoms with Crippen molar-refractivity contribution in [3.8, 4) is 6.07 Å². The molecule has 0 spiro atoms. The van der Waals surface area contributed by atoms with Crippen LogP contribution in [0.1, 0.15) is 11.1 Å². The van der Waals surface area contributed by atoms with Crippen LogP contribution in [-0.2, 0) is 6.54 Å². The quantitative estimate of drug-likeness (QED) is 0.719. The molecule has 98 valence electrons. The van der Waals surface area contributed by atoms with Crippen molar-refractivity contribution in [1.82, 2.24) is 4.57 Å². The molecule has 0 bridgehead atoms. The first kappa shape index (κ1) is 12.1. The van der Waals surface area contributed by atoms with Crippen LogP contribution in [0.2, 0.25) is 0 Å². The van der Waals surface area contributed by atoms with Gasteiger partial charge in [0.15, 0.2) is 5.58 Å². The molecule has 0 unspecified atom stereocenters. The minimum atomic E-state index is -0.437. The molecular formula is C15H11N3O2. The normalized spacial score (nSPS) is 10.6. The Kier molecular flexibility index (Phi) is 2.77. The van der Waals surface area contributed by atoms with Crippen LogP contribution in [0, 0.1) is 11.3 Å². The number of aromatic nitrogens is 1. The van der Waals surface area contributed by atoms with Gasteiger partial charge in [0.25, 0.3) is 0 Å². The van der Waals surface area contributed by atoms with Gasteiger partial charge < -0.3 is 10.2 Å². The molecule has 1 aromatic heterocycles. The van der Waals surface area contributed by atoms with Gasteiger partial charge in [0.05, 0.1) is 23.7 Å². The summed E-state index contributed by atoms with van der Waals surface area (Å²) in [6.07, 6.45) is 0. The molecule has 0 atom stereocenters. The lowest BCUT2D eigenvalue weighted by Gasteiger charge is -2.03. The summed E-state index contributed by atoms with van der Waals surface area (Å²) >= 11 is 0. The zero-order valence-electron chi connectivity index (χ0n) is 10.5. The fourth-order valence-electron chi connectivity index (χ4n) is 2.15. The summed E-state index contributed by atoms with van der Waals surface area (Å²) < 4.78 is 6.67. The number of hydrogen-bond donors (Lipinski definition) is 1. The van der Waals surface area contributed by atoms with E-state index in [2.05, 4.69) is 6.07 Å². The van der Waals surface area contributed by atoms with Gasteiger partial charge in [-0.15, -0.1) is 0 Å². The van der Waals surface area contributed by atoms with Crippen LogP contribution < -0.4 is 11.5 Å². The third-order valence-electron chi connectivity index (χ3n) is 3.09. The lowest BCUT2D eigenvalue weighted by molar-refractivity contribution is 0.517. The maximum absolute atomic E-state index is 11.9. The number of fused-ring (bicyclic) bond motifs is 1. The fourth-order valence-corrected chi connectivity index (χ4v) is 2.15. The molecule has 0 amide bonds. The highest BCUT2D eigenvalue weighted by Crippen LogP contribution is 2.17. The predicted octanol–water partition coefficient (Wildman–Crippen LogP) is 2.10. The van der Waals surface area contributed by atoms with Crippen LogP contribution in [0.15, 0.2) is 51.7 Å². The summed E-state index contributed by atoms with van der Waals surface area (Å²) in [5, 5.41) is 8.90. The average molecular weight is 265 g/mol.